The number of piperidine rings is 1. The lowest BCUT2D eigenvalue weighted by Crippen LogP contribution is -2.58. The normalized spacial score (nSPS) is 27.5. The van der Waals surface area contributed by atoms with E-state index in [9.17, 15) is 37.1 Å². The summed E-state index contributed by atoms with van der Waals surface area (Å²) in [6.45, 7) is 0.920. The topological polar surface area (TPSA) is 91.6 Å². The first kappa shape index (κ1) is 21.5. The van der Waals surface area contributed by atoms with E-state index in [1.165, 1.54) is 16.4 Å². The minimum Gasteiger partial charge on any atom is -0.503 e. The third kappa shape index (κ3) is 3.12. The Bertz CT molecular complexity index is 1250. The smallest absolute Gasteiger partial charge is 0.275 e. The number of nitrogens with one attached hydrogen (secondary N) is 1. The van der Waals surface area contributed by atoms with Crippen LogP contribution in [0.3, 0.4) is 0 Å². The minimum absolute atomic E-state index is 0.0922. The van der Waals surface area contributed by atoms with Crippen molar-refractivity contribution in [3.8, 4) is 5.75 Å². The van der Waals surface area contributed by atoms with Crippen molar-refractivity contribution in [1.82, 2.24) is 14.8 Å². The van der Waals surface area contributed by atoms with Crippen LogP contribution in [0, 0.1) is 23.4 Å². The van der Waals surface area contributed by atoms with Gasteiger partial charge in [0, 0.05) is 37.0 Å². The van der Waals surface area contributed by atoms with E-state index in [0.717, 1.165) is 6.20 Å². The van der Waals surface area contributed by atoms with Gasteiger partial charge in [-0.3, -0.25) is 14.4 Å². The molecule has 3 aliphatic rings. The average Bonchev–Trinajstić information content (AvgIpc) is 3.23. The highest BCUT2D eigenvalue weighted by Crippen LogP contribution is 2.52. The summed E-state index contributed by atoms with van der Waals surface area (Å²) in [4.78, 5) is 39.7. The number of pyridine rings is 1. The molecule has 2 N–H and O–H groups in total. The lowest BCUT2D eigenvalue weighted by molar-refractivity contribution is 0.000847. The highest BCUT2D eigenvalue weighted by molar-refractivity contribution is 5.99. The second-order valence-electron chi connectivity index (χ2n) is 9.03. The molecule has 2 bridgehead atoms. The molecular weight excluding hydrogens is 446 g/mol. The molecule has 1 aliphatic carbocycles. The number of rotatable bonds is 3. The van der Waals surface area contributed by atoms with Gasteiger partial charge in [-0.15, -0.1) is 0 Å². The van der Waals surface area contributed by atoms with Crippen LogP contribution in [0.5, 0.6) is 5.75 Å². The van der Waals surface area contributed by atoms with E-state index in [1.807, 2.05) is 0 Å². The third-order valence-corrected chi connectivity index (χ3v) is 6.97. The van der Waals surface area contributed by atoms with Gasteiger partial charge in [-0.25, -0.2) is 17.6 Å². The van der Waals surface area contributed by atoms with Gasteiger partial charge >= 0.3 is 0 Å². The SMILES string of the molecule is C[C@]1(F)C[C@@H]2C[C@H]1N1C(=O)c3c(O)c(=O)c(C(=O)NCc4c(F)cc(F)cc4F)cn3C[C@@H]21. The number of carbonyl (C=O) groups is 2. The molecule has 11 heteroatoms. The van der Waals surface area contributed by atoms with E-state index < -0.39 is 69.8 Å². The van der Waals surface area contributed by atoms with Crippen LogP contribution >= 0.6 is 0 Å². The van der Waals surface area contributed by atoms with Crippen LogP contribution in [0.25, 0.3) is 0 Å². The minimum atomic E-state index is -1.56. The number of hydrogen-bond donors (Lipinski definition) is 2. The van der Waals surface area contributed by atoms with E-state index in [-0.39, 0.29) is 30.6 Å². The van der Waals surface area contributed by atoms with Crippen molar-refractivity contribution >= 4 is 11.8 Å². The number of aromatic hydroxyl groups is 1. The molecule has 1 aromatic carbocycles. The van der Waals surface area contributed by atoms with Gasteiger partial charge in [0.2, 0.25) is 5.43 Å². The Labute approximate surface area is 184 Å². The summed E-state index contributed by atoms with van der Waals surface area (Å²) < 4.78 is 56.8. The summed E-state index contributed by atoms with van der Waals surface area (Å²) in [5, 5.41) is 12.6. The van der Waals surface area contributed by atoms with Crippen molar-refractivity contribution in [2.24, 2.45) is 5.92 Å². The molecule has 0 spiro atoms. The largest absolute Gasteiger partial charge is 0.503 e. The molecule has 2 amide bonds. The van der Waals surface area contributed by atoms with Gasteiger partial charge in [0.1, 0.15) is 28.7 Å². The number of nitrogens with zero attached hydrogens (tertiary/aromatic N) is 2. The van der Waals surface area contributed by atoms with Gasteiger partial charge in [0.15, 0.2) is 11.4 Å². The van der Waals surface area contributed by atoms with Gasteiger partial charge in [-0.05, 0) is 25.7 Å². The highest BCUT2D eigenvalue weighted by atomic mass is 19.2. The summed E-state index contributed by atoms with van der Waals surface area (Å²) in [6.07, 6.45) is 1.88. The Morgan fingerprint density at radius 1 is 1.24 bits per heavy atom. The van der Waals surface area contributed by atoms with Crippen molar-refractivity contribution in [3.63, 3.8) is 0 Å². The van der Waals surface area contributed by atoms with Crippen molar-refractivity contribution in [3.05, 3.63) is 62.8 Å². The van der Waals surface area contributed by atoms with Crippen LogP contribution in [-0.2, 0) is 13.1 Å². The maximum absolute atomic E-state index is 14.8. The van der Waals surface area contributed by atoms with E-state index >= 15 is 0 Å². The fourth-order valence-corrected chi connectivity index (χ4v) is 5.46. The van der Waals surface area contributed by atoms with Crippen molar-refractivity contribution < 1.29 is 32.3 Å². The first-order valence-corrected chi connectivity index (χ1v) is 10.4. The number of hydrogen-bond acceptors (Lipinski definition) is 4. The highest BCUT2D eigenvalue weighted by Gasteiger charge is 2.61. The molecule has 2 fully saturated rings. The Morgan fingerprint density at radius 2 is 1.91 bits per heavy atom. The van der Waals surface area contributed by atoms with Crippen LogP contribution in [0.15, 0.2) is 23.1 Å². The molecule has 1 saturated carbocycles. The molecule has 7 nitrogen and oxygen atoms in total. The quantitative estimate of drug-likeness (QED) is 0.681. The van der Waals surface area contributed by atoms with E-state index in [2.05, 4.69) is 5.32 Å². The van der Waals surface area contributed by atoms with Crippen LogP contribution in [0.2, 0.25) is 0 Å². The molecule has 1 saturated heterocycles. The van der Waals surface area contributed by atoms with Gasteiger partial charge in [0.05, 0.1) is 12.1 Å². The second kappa shape index (κ2) is 7.06. The number of carbonyl (C=O) groups excluding carboxylic acids is 2. The van der Waals surface area contributed by atoms with Crippen LogP contribution in [0.1, 0.15) is 46.2 Å². The van der Waals surface area contributed by atoms with Gasteiger partial charge in [0.25, 0.3) is 11.8 Å². The van der Waals surface area contributed by atoms with Gasteiger partial charge in [-0.2, -0.15) is 0 Å². The summed E-state index contributed by atoms with van der Waals surface area (Å²) >= 11 is 0. The summed E-state index contributed by atoms with van der Waals surface area (Å²) in [6, 6.07) is -0.0656. The fourth-order valence-electron chi connectivity index (χ4n) is 5.46. The number of halogens is 4. The molecule has 174 valence electrons. The first-order valence-electron chi connectivity index (χ1n) is 10.4. The first-order chi connectivity index (χ1) is 15.5. The predicted octanol–water partition coefficient (Wildman–Crippen LogP) is 2.25. The molecular formula is C22H19F4N3O4. The van der Waals surface area contributed by atoms with Crippen LogP contribution in [-0.4, -0.2) is 44.1 Å². The van der Waals surface area contributed by atoms with Gasteiger partial charge in [-0.1, -0.05) is 0 Å². The lowest BCUT2D eigenvalue weighted by atomic mass is 9.89. The number of aromatic nitrogens is 1. The Hall–Kier alpha value is -3.37. The van der Waals surface area contributed by atoms with Crippen molar-refractivity contribution in [2.45, 2.75) is 50.6 Å². The van der Waals surface area contributed by atoms with Crippen molar-refractivity contribution in [2.75, 3.05) is 0 Å². The molecule has 5 rings (SSSR count). The zero-order valence-corrected chi connectivity index (χ0v) is 17.4. The predicted molar refractivity (Wildman–Crippen MR) is 106 cm³/mol. The lowest BCUT2D eigenvalue weighted by Gasteiger charge is -2.44. The zero-order chi connectivity index (χ0) is 23.8. The molecule has 0 radical (unpaired) electrons. The summed E-state index contributed by atoms with van der Waals surface area (Å²) in [5.74, 6) is -6.30. The number of alkyl halides is 1. The monoisotopic (exact) mass is 465 g/mol. The maximum Gasteiger partial charge on any atom is 0.275 e. The molecule has 3 heterocycles. The van der Waals surface area contributed by atoms with Crippen molar-refractivity contribution in [1.29, 1.82) is 0 Å². The average molecular weight is 465 g/mol. The van der Waals surface area contributed by atoms with E-state index in [0.29, 0.717) is 18.6 Å². The standard InChI is InChI=1S/C22H19F4N3O4/c1-22(26)5-9-2-16(22)29-15(9)8-28-7-12(18(30)19(31)17(28)21(29)33)20(32)27-6-11-13(24)3-10(23)4-14(11)25/h3-4,7,9,15-16,31H,2,5-6,8H2,1H3,(H,27,32)/t9-,15-,16+,22-/m0/s1. The molecule has 4 atom stereocenters. The number of fused-ring (bicyclic) bond motifs is 6. The Morgan fingerprint density at radius 3 is 2.58 bits per heavy atom. The van der Waals surface area contributed by atoms with E-state index in [1.54, 1.807) is 0 Å². The second-order valence-corrected chi connectivity index (χ2v) is 9.03. The van der Waals surface area contributed by atoms with E-state index in [4.69, 9.17) is 0 Å². The molecule has 1 aromatic heterocycles. The zero-order valence-electron chi connectivity index (χ0n) is 17.4. The van der Waals surface area contributed by atoms with Gasteiger partial charge < -0.3 is 19.9 Å². The summed E-state index contributed by atoms with van der Waals surface area (Å²) in [7, 11) is 0. The maximum atomic E-state index is 14.8. The number of amides is 2. The summed E-state index contributed by atoms with van der Waals surface area (Å²) in [5.41, 5.74) is -4.16. The molecule has 0 unspecified atom stereocenters. The Balaban J connectivity index is 1.45. The Kier molecular flexibility index (Phi) is 4.60. The van der Waals surface area contributed by atoms with Crippen LogP contribution < -0.4 is 10.7 Å². The molecule has 33 heavy (non-hydrogen) atoms. The number of benzene rings is 1. The molecule has 2 aromatic rings. The third-order valence-electron chi connectivity index (χ3n) is 6.97. The molecule has 2 aliphatic heterocycles. The van der Waals surface area contributed by atoms with Crippen LogP contribution in [0.4, 0.5) is 17.6 Å². The fraction of sp³-hybridized carbons (Fsp3) is 0.409.